The van der Waals surface area contributed by atoms with Crippen LogP contribution in [0.1, 0.15) is 66.3 Å². The van der Waals surface area contributed by atoms with Gasteiger partial charge < -0.3 is 9.84 Å². The highest BCUT2D eigenvalue weighted by Gasteiger charge is 2.56. The first-order valence-electron chi connectivity index (χ1n) is 15.0. The Bertz CT molecular complexity index is 1520. The van der Waals surface area contributed by atoms with E-state index in [0.717, 1.165) is 58.5 Å². The number of rotatable bonds is 9. The van der Waals surface area contributed by atoms with Gasteiger partial charge in [-0.1, -0.05) is 31.1 Å². The van der Waals surface area contributed by atoms with Gasteiger partial charge in [0.2, 0.25) is 11.8 Å². The molecule has 0 spiro atoms. The Hall–Kier alpha value is -3.55. The topological polar surface area (TPSA) is 79.7 Å². The normalized spacial score (nSPS) is 24.0. The SMILES string of the molecule is CCCC1=C2[C@@H](CC/C(=C/c3cc(C)c(O)c(C)c3)c3ccccn3)OC[C@@H]2[C@@H]2C(=O)N(Cc3cccs3)C(=O)[C@@H]2C1. The highest BCUT2D eigenvalue weighted by Crippen LogP contribution is 2.51. The van der Waals surface area contributed by atoms with Crippen LogP contribution in [-0.4, -0.2) is 39.5 Å². The fourth-order valence-corrected chi connectivity index (χ4v) is 7.87. The van der Waals surface area contributed by atoms with E-state index in [4.69, 9.17) is 4.74 Å². The van der Waals surface area contributed by atoms with Crippen molar-refractivity contribution in [2.75, 3.05) is 6.61 Å². The van der Waals surface area contributed by atoms with Crippen LogP contribution in [0.2, 0.25) is 0 Å². The van der Waals surface area contributed by atoms with E-state index >= 15 is 0 Å². The zero-order valence-corrected chi connectivity index (χ0v) is 25.3. The van der Waals surface area contributed by atoms with Gasteiger partial charge in [-0.2, -0.15) is 0 Å². The van der Waals surface area contributed by atoms with Crippen molar-refractivity contribution in [1.82, 2.24) is 9.88 Å². The number of phenols is 1. The Kier molecular flexibility index (Phi) is 8.15. The molecule has 0 unspecified atom stereocenters. The van der Waals surface area contributed by atoms with Gasteiger partial charge >= 0.3 is 0 Å². The van der Waals surface area contributed by atoms with Crippen molar-refractivity contribution in [2.45, 2.75) is 65.5 Å². The maximum absolute atomic E-state index is 13.7. The summed E-state index contributed by atoms with van der Waals surface area (Å²) in [4.78, 5) is 34.4. The minimum absolute atomic E-state index is 0.0191. The molecule has 4 heterocycles. The first kappa shape index (κ1) is 28.6. The van der Waals surface area contributed by atoms with Crippen LogP contribution in [0.5, 0.6) is 5.75 Å². The number of aromatic hydroxyl groups is 1. The van der Waals surface area contributed by atoms with Gasteiger partial charge in [0.05, 0.1) is 36.8 Å². The van der Waals surface area contributed by atoms with Crippen LogP contribution in [0.25, 0.3) is 11.6 Å². The average Bonchev–Trinajstić information content (AvgIpc) is 3.71. The second-order valence-electron chi connectivity index (χ2n) is 11.8. The number of ether oxygens (including phenoxy) is 1. The van der Waals surface area contributed by atoms with Crippen LogP contribution in [0.3, 0.4) is 0 Å². The van der Waals surface area contributed by atoms with Crippen molar-refractivity contribution in [3.63, 3.8) is 0 Å². The summed E-state index contributed by atoms with van der Waals surface area (Å²) in [7, 11) is 0. The number of hydrogen-bond donors (Lipinski definition) is 1. The molecule has 218 valence electrons. The first-order valence-corrected chi connectivity index (χ1v) is 15.9. The van der Waals surface area contributed by atoms with E-state index in [1.165, 1.54) is 16.0 Å². The summed E-state index contributed by atoms with van der Waals surface area (Å²) in [6, 6.07) is 13.9. The standard InChI is InChI=1S/C35H38N2O4S/c1-4-8-25-18-27-32(35(40)37(34(27)39)19-26-9-7-14-42-26)28-20-41-30(31(25)28)12-11-24(29-10-5-6-13-36-29)17-23-15-21(2)33(38)22(3)16-23/h5-7,9-10,13-17,27-28,30,32,38H,4,8,11-12,18-20H2,1-3H3/b24-17-/t27-,28+,30-,32-/m1/s1. The molecule has 1 aromatic carbocycles. The number of likely N-dealkylation sites (tertiary alicyclic amines) is 1. The number of nitrogens with zero attached hydrogens (tertiary/aromatic N) is 2. The number of phenolic OH excluding ortho intramolecular Hbond substituents is 1. The molecule has 2 saturated heterocycles. The molecule has 0 bridgehead atoms. The van der Waals surface area contributed by atoms with Gasteiger partial charge in [-0.25, -0.2) is 0 Å². The molecule has 2 aromatic heterocycles. The number of allylic oxidation sites excluding steroid dienone is 2. The molecule has 6 nitrogen and oxygen atoms in total. The van der Waals surface area contributed by atoms with Crippen LogP contribution in [0, 0.1) is 31.6 Å². The van der Waals surface area contributed by atoms with Crippen molar-refractivity contribution in [3.8, 4) is 5.75 Å². The van der Waals surface area contributed by atoms with Gasteiger partial charge in [0.25, 0.3) is 0 Å². The first-order chi connectivity index (χ1) is 20.4. The number of thiophene rings is 1. The molecule has 4 atom stereocenters. The number of aryl methyl sites for hydroxylation is 2. The summed E-state index contributed by atoms with van der Waals surface area (Å²) in [6.07, 6.45) is 8.00. The smallest absolute Gasteiger partial charge is 0.234 e. The molecule has 2 aliphatic heterocycles. The third-order valence-corrected chi connectivity index (χ3v) is 9.93. The van der Waals surface area contributed by atoms with Crippen LogP contribution >= 0.6 is 11.3 Å². The fraction of sp³-hybridized carbons (Fsp3) is 0.400. The lowest BCUT2D eigenvalue weighted by molar-refractivity contribution is -0.140. The van der Waals surface area contributed by atoms with E-state index in [1.807, 2.05) is 67.9 Å². The lowest BCUT2D eigenvalue weighted by Gasteiger charge is -2.32. The van der Waals surface area contributed by atoms with E-state index in [-0.39, 0.29) is 35.7 Å². The summed E-state index contributed by atoms with van der Waals surface area (Å²) in [6.45, 7) is 6.86. The number of pyridine rings is 1. The maximum atomic E-state index is 13.7. The van der Waals surface area contributed by atoms with Gasteiger partial charge in [0.1, 0.15) is 5.75 Å². The van der Waals surface area contributed by atoms with Gasteiger partial charge in [-0.3, -0.25) is 19.5 Å². The number of fused-ring (bicyclic) bond motifs is 3. The molecule has 1 aliphatic carbocycles. The Balaban J connectivity index is 1.27. The molecule has 6 rings (SSSR count). The van der Waals surface area contributed by atoms with E-state index in [0.29, 0.717) is 25.3 Å². The largest absolute Gasteiger partial charge is 0.507 e. The summed E-state index contributed by atoms with van der Waals surface area (Å²) < 4.78 is 6.48. The molecule has 42 heavy (non-hydrogen) atoms. The second kappa shape index (κ2) is 12.0. The molecular formula is C35H38N2O4S. The molecule has 1 N–H and O–H groups in total. The Morgan fingerprint density at radius 1 is 1.12 bits per heavy atom. The third kappa shape index (κ3) is 5.36. The van der Waals surface area contributed by atoms with Crippen molar-refractivity contribution >= 4 is 34.8 Å². The van der Waals surface area contributed by atoms with Gasteiger partial charge in [-0.15, -0.1) is 11.3 Å². The van der Waals surface area contributed by atoms with E-state index in [9.17, 15) is 14.7 Å². The number of amides is 2. The van der Waals surface area contributed by atoms with Crippen LogP contribution in [0.4, 0.5) is 0 Å². The van der Waals surface area contributed by atoms with Crippen molar-refractivity contribution in [2.24, 2.45) is 17.8 Å². The monoisotopic (exact) mass is 582 g/mol. The predicted octanol–water partition coefficient (Wildman–Crippen LogP) is 7.10. The summed E-state index contributed by atoms with van der Waals surface area (Å²) in [5, 5.41) is 12.3. The number of imide groups is 1. The van der Waals surface area contributed by atoms with Crippen LogP contribution < -0.4 is 0 Å². The lowest BCUT2D eigenvalue weighted by atomic mass is 9.68. The summed E-state index contributed by atoms with van der Waals surface area (Å²) in [5.74, 6) is -0.365. The van der Waals surface area contributed by atoms with Crippen molar-refractivity contribution < 1.29 is 19.4 Å². The maximum Gasteiger partial charge on any atom is 0.234 e. The van der Waals surface area contributed by atoms with Crippen LogP contribution in [0.15, 0.2) is 65.2 Å². The summed E-state index contributed by atoms with van der Waals surface area (Å²) >= 11 is 1.58. The highest BCUT2D eigenvalue weighted by molar-refractivity contribution is 7.09. The molecule has 2 fully saturated rings. The quantitative estimate of drug-likeness (QED) is 0.215. The third-order valence-electron chi connectivity index (χ3n) is 9.07. The minimum Gasteiger partial charge on any atom is -0.507 e. The lowest BCUT2D eigenvalue weighted by Crippen LogP contribution is -2.34. The molecule has 7 heteroatoms. The zero-order valence-electron chi connectivity index (χ0n) is 24.5. The molecular weight excluding hydrogens is 544 g/mol. The number of benzene rings is 1. The van der Waals surface area contributed by atoms with Gasteiger partial charge in [-0.05, 0) is 109 Å². The van der Waals surface area contributed by atoms with E-state index in [2.05, 4.69) is 18.0 Å². The predicted molar refractivity (Wildman–Crippen MR) is 166 cm³/mol. The second-order valence-corrected chi connectivity index (χ2v) is 12.9. The Morgan fingerprint density at radius 3 is 2.62 bits per heavy atom. The molecule has 3 aromatic rings. The van der Waals surface area contributed by atoms with E-state index < -0.39 is 0 Å². The summed E-state index contributed by atoms with van der Waals surface area (Å²) in [5.41, 5.74) is 7.33. The van der Waals surface area contributed by atoms with Gasteiger partial charge in [0, 0.05) is 17.0 Å². The van der Waals surface area contributed by atoms with Gasteiger partial charge in [0.15, 0.2) is 0 Å². The molecule has 3 aliphatic rings. The van der Waals surface area contributed by atoms with E-state index in [1.54, 1.807) is 11.3 Å². The molecule has 0 saturated carbocycles. The number of carbonyl (C=O) groups excluding carboxylic acids is 2. The number of aromatic nitrogens is 1. The van der Waals surface area contributed by atoms with Crippen LogP contribution in [-0.2, 0) is 20.9 Å². The zero-order chi connectivity index (χ0) is 29.4. The average molecular weight is 583 g/mol. The Labute approximate surface area is 251 Å². The highest BCUT2D eigenvalue weighted by atomic mass is 32.1. The number of carbonyl (C=O) groups is 2. The fourth-order valence-electron chi connectivity index (χ4n) is 7.18. The molecule has 2 amide bonds. The van der Waals surface area contributed by atoms with Crippen molar-refractivity contribution in [3.05, 3.63) is 92.4 Å². The molecule has 0 radical (unpaired) electrons. The minimum atomic E-state index is -0.327. The Morgan fingerprint density at radius 2 is 1.93 bits per heavy atom. The number of hydrogen-bond acceptors (Lipinski definition) is 6. The van der Waals surface area contributed by atoms with Crippen molar-refractivity contribution in [1.29, 1.82) is 0 Å².